The van der Waals surface area contributed by atoms with Gasteiger partial charge < -0.3 is 15.2 Å². The average molecular weight is 552 g/mol. The molecule has 5 aromatic rings. The number of benzene rings is 2. The maximum atomic E-state index is 13.8. The van der Waals surface area contributed by atoms with Crippen LogP contribution in [0.3, 0.4) is 0 Å². The molecule has 0 spiro atoms. The Morgan fingerprint density at radius 3 is 2.51 bits per heavy atom. The molecule has 1 atom stereocenters. The molecule has 0 saturated carbocycles. The molecule has 1 amide bonds. The summed E-state index contributed by atoms with van der Waals surface area (Å²) in [5, 5.41) is 16.1. The molecule has 3 aromatic heterocycles. The molecule has 10 nitrogen and oxygen atoms in total. The quantitative estimate of drug-likeness (QED) is 0.238. The number of amides is 1. The van der Waals surface area contributed by atoms with E-state index in [1.165, 1.54) is 35.0 Å². The average Bonchev–Trinajstić information content (AvgIpc) is 3.54. The summed E-state index contributed by atoms with van der Waals surface area (Å²) in [4.78, 5) is 43.6. The lowest BCUT2D eigenvalue weighted by atomic mass is 10.0. The number of halogens is 1. The molecule has 41 heavy (non-hydrogen) atoms. The highest BCUT2D eigenvalue weighted by molar-refractivity contribution is 6.08. The molecule has 0 unspecified atom stereocenters. The molecular formula is C30H26FN7O3. The number of likely N-dealkylation sites (N-methyl/N-ethyl adjacent to an activating group) is 1. The number of aromatic nitrogens is 5. The number of nitrogens with zero attached hydrogens (tertiary/aromatic N) is 4. The Balaban J connectivity index is 1.56. The van der Waals surface area contributed by atoms with E-state index in [0.717, 1.165) is 11.1 Å². The number of anilines is 1. The van der Waals surface area contributed by atoms with Crippen LogP contribution in [0.2, 0.25) is 0 Å². The van der Waals surface area contributed by atoms with Crippen LogP contribution in [0, 0.1) is 5.82 Å². The van der Waals surface area contributed by atoms with Gasteiger partial charge in [-0.2, -0.15) is 0 Å². The number of nitrogens with one attached hydrogen (secondary N) is 3. The van der Waals surface area contributed by atoms with Gasteiger partial charge in [-0.05, 0) is 73.6 Å². The number of rotatable bonds is 9. The second-order valence-electron chi connectivity index (χ2n) is 9.38. The summed E-state index contributed by atoms with van der Waals surface area (Å²) >= 11 is 0. The number of H-pyrrole nitrogens is 1. The van der Waals surface area contributed by atoms with Crippen molar-refractivity contribution in [3.8, 4) is 22.5 Å². The minimum absolute atomic E-state index is 0.0607. The van der Waals surface area contributed by atoms with Crippen molar-refractivity contribution in [3.05, 3.63) is 118 Å². The minimum Gasteiger partial charge on any atom is -0.320 e. The molecule has 0 aliphatic rings. The molecular weight excluding hydrogens is 525 g/mol. The monoisotopic (exact) mass is 551 g/mol. The van der Waals surface area contributed by atoms with Crippen molar-refractivity contribution < 1.29 is 14.0 Å². The summed E-state index contributed by atoms with van der Waals surface area (Å²) < 4.78 is 14.9. The molecule has 0 fully saturated rings. The Kier molecular flexibility index (Phi) is 7.88. The minimum atomic E-state index is -0.514. The van der Waals surface area contributed by atoms with E-state index in [-0.39, 0.29) is 23.9 Å². The van der Waals surface area contributed by atoms with E-state index < -0.39 is 17.4 Å². The normalized spacial score (nSPS) is 11.7. The third-order valence-corrected chi connectivity index (χ3v) is 6.63. The van der Waals surface area contributed by atoms with Crippen LogP contribution >= 0.6 is 0 Å². The third kappa shape index (κ3) is 5.99. The highest BCUT2D eigenvalue weighted by Gasteiger charge is 2.18. The molecule has 3 heterocycles. The fourth-order valence-electron chi connectivity index (χ4n) is 4.28. The van der Waals surface area contributed by atoms with Gasteiger partial charge in [0.25, 0.3) is 5.56 Å². The first-order valence-electron chi connectivity index (χ1n) is 12.8. The first-order chi connectivity index (χ1) is 19.8. The summed E-state index contributed by atoms with van der Waals surface area (Å²) in [6.07, 6.45) is 4.66. The summed E-state index contributed by atoms with van der Waals surface area (Å²) in [6, 6.07) is 17.2. The maximum Gasteiger partial charge on any atom is 0.275 e. The summed E-state index contributed by atoms with van der Waals surface area (Å²) in [6.45, 7) is 1.75. The Morgan fingerprint density at radius 1 is 1.00 bits per heavy atom. The summed E-state index contributed by atoms with van der Waals surface area (Å²) in [5.41, 5.74) is 3.62. The Bertz CT molecular complexity index is 1770. The fraction of sp³-hybridized carbons (Fsp3) is 0.133. The largest absolute Gasteiger partial charge is 0.320 e. The highest BCUT2D eigenvalue weighted by atomic mass is 19.1. The predicted molar refractivity (Wildman–Crippen MR) is 152 cm³/mol. The van der Waals surface area contributed by atoms with Crippen molar-refractivity contribution in [1.29, 1.82) is 0 Å². The van der Waals surface area contributed by atoms with Gasteiger partial charge in [-0.3, -0.25) is 24.5 Å². The molecule has 0 aliphatic heterocycles. The lowest BCUT2D eigenvalue weighted by Gasteiger charge is -2.17. The van der Waals surface area contributed by atoms with Gasteiger partial charge in [0.2, 0.25) is 5.91 Å². The molecule has 5 rings (SSSR count). The van der Waals surface area contributed by atoms with E-state index in [4.69, 9.17) is 0 Å². The molecule has 0 radical (unpaired) electrons. The van der Waals surface area contributed by atoms with Crippen LogP contribution < -0.4 is 16.2 Å². The van der Waals surface area contributed by atoms with Crippen LogP contribution in [0.1, 0.15) is 28.4 Å². The zero-order valence-corrected chi connectivity index (χ0v) is 22.3. The number of hydrogen-bond donors (Lipinski definition) is 3. The van der Waals surface area contributed by atoms with Gasteiger partial charge in [-0.1, -0.05) is 23.4 Å². The van der Waals surface area contributed by atoms with Crippen molar-refractivity contribution in [3.63, 3.8) is 0 Å². The van der Waals surface area contributed by atoms with Gasteiger partial charge in [0.1, 0.15) is 17.2 Å². The van der Waals surface area contributed by atoms with Gasteiger partial charge in [0.15, 0.2) is 5.78 Å². The topological polar surface area (TPSA) is 135 Å². The van der Waals surface area contributed by atoms with Crippen molar-refractivity contribution in [2.45, 2.75) is 19.5 Å². The van der Waals surface area contributed by atoms with Gasteiger partial charge in [-0.25, -0.2) is 4.39 Å². The molecule has 2 aromatic carbocycles. The van der Waals surface area contributed by atoms with Crippen LogP contribution in [0.15, 0.2) is 90.1 Å². The molecule has 0 saturated heterocycles. The third-order valence-electron chi connectivity index (χ3n) is 6.63. The Hall–Kier alpha value is -5.29. The van der Waals surface area contributed by atoms with Crippen LogP contribution in [0.4, 0.5) is 10.1 Å². The highest BCUT2D eigenvalue weighted by Crippen LogP contribution is 2.26. The second kappa shape index (κ2) is 11.8. The molecule has 3 N–H and O–H groups in total. The van der Waals surface area contributed by atoms with E-state index in [2.05, 4.69) is 31.0 Å². The van der Waals surface area contributed by atoms with Crippen molar-refractivity contribution in [2.24, 2.45) is 0 Å². The lowest BCUT2D eigenvalue weighted by molar-refractivity contribution is -0.117. The summed E-state index contributed by atoms with van der Waals surface area (Å²) in [7, 11) is 1.65. The Morgan fingerprint density at radius 2 is 1.78 bits per heavy atom. The molecule has 0 aliphatic carbocycles. The number of carbonyl (C=O) groups is 2. The number of hydrogen-bond acceptors (Lipinski definition) is 7. The van der Waals surface area contributed by atoms with Crippen LogP contribution in [-0.2, 0) is 11.3 Å². The van der Waals surface area contributed by atoms with E-state index >= 15 is 0 Å². The zero-order chi connectivity index (χ0) is 28.9. The standard InChI is InChI=1S/C30H26FN7O3/c1-18(32-2)29(40)35-25-10-11-27(22-5-3-4-21(13-22)26-16-34-37-36-26)38(30(25)41)17-19-12-23(15-33-14-19)28(39)20-6-8-24(31)9-7-20/h3-16,18,32H,17H2,1-2H3,(H,35,40)(H,34,36,37)/t18-/m0/s1. The number of pyridine rings is 2. The van der Waals surface area contributed by atoms with E-state index in [0.29, 0.717) is 28.1 Å². The van der Waals surface area contributed by atoms with Crippen LogP contribution in [0.5, 0.6) is 0 Å². The Labute approximate surface area is 234 Å². The van der Waals surface area contributed by atoms with Crippen molar-refractivity contribution in [1.82, 2.24) is 30.3 Å². The zero-order valence-electron chi connectivity index (χ0n) is 22.3. The van der Waals surface area contributed by atoms with Gasteiger partial charge >= 0.3 is 0 Å². The number of ketones is 1. The molecule has 206 valence electrons. The van der Waals surface area contributed by atoms with Gasteiger partial charge in [-0.15, -0.1) is 5.10 Å². The van der Waals surface area contributed by atoms with E-state index in [1.807, 2.05) is 24.3 Å². The maximum absolute atomic E-state index is 13.8. The van der Waals surface area contributed by atoms with E-state index in [1.54, 1.807) is 44.6 Å². The number of aromatic amines is 1. The van der Waals surface area contributed by atoms with Gasteiger partial charge in [0.05, 0.1) is 18.3 Å². The first kappa shape index (κ1) is 27.3. The summed E-state index contributed by atoms with van der Waals surface area (Å²) in [5.74, 6) is -1.12. The van der Waals surface area contributed by atoms with Crippen LogP contribution in [-0.4, -0.2) is 49.7 Å². The lowest BCUT2D eigenvalue weighted by Crippen LogP contribution is -2.37. The predicted octanol–water partition coefficient (Wildman–Crippen LogP) is 3.66. The van der Waals surface area contributed by atoms with Crippen molar-refractivity contribution in [2.75, 3.05) is 12.4 Å². The second-order valence-corrected chi connectivity index (χ2v) is 9.38. The molecule has 11 heteroatoms. The van der Waals surface area contributed by atoms with Crippen molar-refractivity contribution >= 4 is 17.4 Å². The fourth-order valence-corrected chi connectivity index (χ4v) is 4.28. The van der Waals surface area contributed by atoms with E-state index in [9.17, 15) is 18.8 Å². The molecule has 0 bridgehead atoms. The van der Waals surface area contributed by atoms with Crippen LogP contribution in [0.25, 0.3) is 22.5 Å². The smallest absolute Gasteiger partial charge is 0.275 e. The van der Waals surface area contributed by atoms with Gasteiger partial charge in [0, 0.05) is 35.3 Å². The first-order valence-corrected chi connectivity index (χ1v) is 12.8. The number of carbonyl (C=O) groups excluding carboxylic acids is 2. The SMILES string of the molecule is CN[C@@H](C)C(=O)Nc1ccc(-c2cccc(-c3c[nH]nn3)c2)n(Cc2cncc(C(=O)c3ccc(F)cc3)c2)c1=O.